The van der Waals surface area contributed by atoms with E-state index in [0.29, 0.717) is 20.6 Å². The molecule has 1 aliphatic rings. The van der Waals surface area contributed by atoms with Crippen molar-refractivity contribution in [1.82, 2.24) is 4.57 Å². The number of thiazole rings is 1. The Hall–Kier alpha value is -2.77. The number of esters is 1. The highest BCUT2D eigenvalue weighted by Gasteiger charge is 2.32. The summed E-state index contributed by atoms with van der Waals surface area (Å²) in [6.45, 7) is 3.79. The molecule has 0 radical (unpaired) electrons. The molecule has 4 rings (SSSR count). The third kappa shape index (κ3) is 3.70. The molecule has 2 aromatic carbocycles. The first-order valence-corrected chi connectivity index (χ1v) is 10.9. The number of nitrogens with zero attached hydrogens (tertiary/aromatic N) is 2. The second kappa shape index (κ2) is 8.16. The van der Waals surface area contributed by atoms with Crippen LogP contribution in [0.4, 0.5) is 0 Å². The van der Waals surface area contributed by atoms with E-state index in [1.807, 2.05) is 61.5 Å². The summed E-state index contributed by atoms with van der Waals surface area (Å²) in [6, 6.07) is 14.9. The number of ether oxygens (including phenoxy) is 1. The number of methoxy groups -OCH3 is 1. The first-order valence-electron chi connectivity index (χ1n) is 9.32. The van der Waals surface area contributed by atoms with Gasteiger partial charge in [0, 0.05) is 4.47 Å². The smallest absolute Gasteiger partial charge is 0.338 e. The molecule has 2 heterocycles. The fraction of sp³-hybridized carbons (Fsp3) is 0.174. The number of hydrogen-bond donors (Lipinski definition) is 0. The van der Waals surface area contributed by atoms with Crippen molar-refractivity contribution in [3.05, 3.63) is 101 Å². The summed E-state index contributed by atoms with van der Waals surface area (Å²) in [7, 11) is 1.34. The van der Waals surface area contributed by atoms with E-state index >= 15 is 0 Å². The molecule has 30 heavy (non-hydrogen) atoms. The largest absolute Gasteiger partial charge is 0.466 e. The van der Waals surface area contributed by atoms with E-state index < -0.39 is 12.0 Å². The molecular formula is C23H19BrN2O3S. The van der Waals surface area contributed by atoms with Gasteiger partial charge >= 0.3 is 5.97 Å². The third-order valence-electron chi connectivity index (χ3n) is 4.99. The second-order valence-electron chi connectivity index (χ2n) is 7.04. The maximum absolute atomic E-state index is 13.4. The SMILES string of the molecule is COC(=O)C1=C(C)N=c2s/c(=C/c3ccc(C)cc3)c(=O)n2C1c1ccc(Br)cc1. The minimum atomic E-state index is -0.595. The van der Waals surface area contributed by atoms with Crippen LogP contribution < -0.4 is 14.9 Å². The number of allylic oxidation sites excluding steroid dienone is 1. The Morgan fingerprint density at radius 1 is 1.13 bits per heavy atom. The molecule has 0 amide bonds. The maximum atomic E-state index is 13.4. The Balaban J connectivity index is 1.96. The van der Waals surface area contributed by atoms with Crippen LogP contribution in [-0.2, 0) is 9.53 Å². The molecular weight excluding hydrogens is 464 g/mol. The summed E-state index contributed by atoms with van der Waals surface area (Å²) in [6.07, 6.45) is 1.86. The van der Waals surface area contributed by atoms with Gasteiger partial charge in [-0.15, -0.1) is 0 Å². The molecule has 152 valence electrons. The highest BCUT2D eigenvalue weighted by atomic mass is 79.9. The van der Waals surface area contributed by atoms with Crippen molar-refractivity contribution in [2.75, 3.05) is 7.11 Å². The zero-order chi connectivity index (χ0) is 21.4. The summed E-state index contributed by atoms with van der Waals surface area (Å²) < 4.78 is 8.09. The summed E-state index contributed by atoms with van der Waals surface area (Å²) in [4.78, 5) is 31.1. The standard InChI is InChI=1S/C23H19BrN2O3S/c1-13-4-6-15(7-5-13)12-18-21(27)26-20(16-8-10-17(24)11-9-16)19(22(28)29-3)14(2)25-23(26)30-18/h4-12,20H,1-3H3/b18-12+. The fourth-order valence-corrected chi connectivity index (χ4v) is 4.78. The van der Waals surface area contributed by atoms with Gasteiger partial charge in [0.25, 0.3) is 5.56 Å². The van der Waals surface area contributed by atoms with E-state index in [-0.39, 0.29) is 5.56 Å². The van der Waals surface area contributed by atoms with Crippen LogP contribution in [-0.4, -0.2) is 17.6 Å². The number of aromatic nitrogens is 1. The van der Waals surface area contributed by atoms with Gasteiger partial charge in [-0.25, -0.2) is 9.79 Å². The summed E-state index contributed by atoms with van der Waals surface area (Å²) in [5.74, 6) is -0.489. The lowest BCUT2D eigenvalue weighted by atomic mass is 9.96. The molecule has 0 spiro atoms. The Kier molecular flexibility index (Phi) is 5.58. The number of carbonyl (C=O) groups is 1. The molecule has 0 fully saturated rings. The van der Waals surface area contributed by atoms with Crippen LogP contribution in [0, 0.1) is 6.92 Å². The first-order chi connectivity index (χ1) is 14.4. The lowest BCUT2D eigenvalue weighted by molar-refractivity contribution is -0.136. The van der Waals surface area contributed by atoms with Crippen molar-refractivity contribution in [3.63, 3.8) is 0 Å². The number of rotatable bonds is 3. The van der Waals surface area contributed by atoms with Gasteiger partial charge in [-0.05, 0) is 43.2 Å². The van der Waals surface area contributed by atoms with Crippen molar-refractivity contribution in [2.45, 2.75) is 19.9 Å². The monoisotopic (exact) mass is 482 g/mol. The molecule has 0 aliphatic carbocycles. The van der Waals surface area contributed by atoms with Crippen LogP contribution in [0.25, 0.3) is 6.08 Å². The minimum absolute atomic E-state index is 0.179. The molecule has 3 aromatic rings. The average molecular weight is 483 g/mol. The van der Waals surface area contributed by atoms with Crippen molar-refractivity contribution < 1.29 is 9.53 Å². The Morgan fingerprint density at radius 3 is 2.43 bits per heavy atom. The highest BCUT2D eigenvalue weighted by molar-refractivity contribution is 9.10. The normalized spacial score (nSPS) is 16.3. The predicted molar refractivity (Wildman–Crippen MR) is 121 cm³/mol. The zero-order valence-electron chi connectivity index (χ0n) is 16.7. The molecule has 1 aliphatic heterocycles. The Morgan fingerprint density at radius 2 is 1.80 bits per heavy atom. The van der Waals surface area contributed by atoms with Gasteiger partial charge in [0.1, 0.15) is 0 Å². The molecule has 7 heteroatoms. The Bertz CT molecular complexity index is 1330. The van der Waals surface area contributed by atoms with Crippen LogP contribution in [0.2, 0.25) is 0 Å². The summed E-state index contributed by atoms with van der Waals surface area (Å²) in [5, 5.41) is 0. The van der Waals surface area contributed by atoms with Gasteiger partial charge in [-0.3, -0.25) is 9.36 Å². The lowest BCUT2D eigenvalue weighted by Gasteiger charge is -2.24. The molecule has 0 saturated carbocycles. The van der Waals surface area contributed by atoms with E-state index in [9.17, 15) is 9.59 Å². The zero-order valence-corrected chi connectivity index (χ0v) is 19.1. The first kappa shape index (κ1) is 20.5. The van der Waals surface area contributed by atoms with Gasteiger partial charge in [0.05, 0.1) is 29.0 Å². The van der Waals surface area contributed by atoms with Gasteiger partial charge in [-0.2, -0.15) is 0 Å². The molecule has 1 atom stereocenters. The molecule has 0 saturated heterocycles. The van der Waals surface area contributed by atoms with Gasteiger partial charge < -0.3 is 4.74 Å². The van der Waals surface area contributed by atoms with Crippen LogP contribution >= 0.6 is 27.3 Å². The van der Waals surface area contributed by atoms with Crippen LogP contribution in [0.5, 0.6) is 0 Å². The number of benzene rings is 2. The summed E-state index contributed by atoms with van der Waals surface area (Å²) >= 11 is 4.76. The third-order valence-corrected chi connectivity index (χ3v) is 6.50. The van der Waals surface area contributed by atoms with Crippen molar-refractivity contribution in [3.8, 4) is 0 Å². The average Bonchev–Trinajstić information content (AvgIpc) is 3.03. The molecule has 1 aromatic heterocycles. The van der Waals surface area contributed by atoms with Crippen molar-refractivity contribution in [2.24, 2.45) is 4.99 Å². The van der Waals surface area contributed by atoms with E-state index in [4.69, 9.17) is 4.74 Å². The van der Waals surface area contributed by atoms with Crippen LogP contribution in [0.15, 0.2) is 74.1 Å². The quantitative estimate of drug-likeness (QED) is 0.536. The van der Waals surface area contributed by atoms with E-state index in [1.165, 1.54) is 18.4 Å². The Labute approximate surface area is 185 Å². The van der Waals surface area contributed by atoms with E-state index in [1.54, 1.807) is 11.5 Å². The number of aryl methyl sites for hydroxylation is 1. The number of hydrogen-bond acceptors (Lipinski definition) is 5. The minimum Gasteiger partial charge on any atom is -0.466 e. The number of halogens is 1. The van der Waals surface area contributed by atoms with E-state index in [0.717, 1.165) is 21.2 Å². The maximum Gasteiger partial charge on any atom is 0.338 e. The summed E-state index contributed by atoms with van der Waals surface area (Å²) in [5.41, 5.74) is 3.65. The molecule has 1 unspecified atom stereocenters. The fourth-order valence-electron chi connectivity index (χ4n) is 3.47. The van der Waals surface area contributed by atoms with Gasteiger partial charge in [0.15, 0.2) is 4.80 Å². The predicted octanol–water partition coefficient (Wildman–Crippen LogP) is 3.48. The molecule has 0 bridgehead atoms. The van der Waals surface area contributed by atoms with E-state index in [2.05, 4.69) is 20.9 Å². The molecule has 5 nitrogen and oxygen atoms in total. The van der Waals surface area contributed by atoms with Crippen molar-refractivity contribution >= 4 is 39.3 Å². The number of carbonyl (C=O) groups excluding carboxylic acids is 1. The van der Waals surface area contributed by atoms with Crippen molar-refractivity contribution in [1.29, 1.82) is 0 Å². The van der Waals surface area contributed by atoms with Gasteiger partial charge in [0.2, 0.25) is 0 Å². The lowest BCUT2D eigenvalue weighted by Crippen LogP contribution is -2.39. The van der Waals surface area contributed by atoms with Gasteiger partial charge in [-0.1, -0.05) is 69.2 Å². The van der Waals surface area contributed by atoms with Crippen LogP contribution in [0.3, 0.4) is 0 Å². The van der Waals surface area contributed by atoms with Crippen LogP contribution in [0.1, 0.15) is 29.7 Å². The topological polar surface area (TPSA) is 60.7 Å². The molecule has 0 N–H and O–H groups in total. The second-order valence-corrected chi connectivity index (χ2v) is 8.96. The number of fused-ring (bicyclic) bond motifs is 1. The highest BCUT2D eigenvalue weighted by Crippen LogP contribution is 2.31.